The third-order valence-corrected chi connectivity index (χ3v) is 6.27. The molecule has 0 saturated carbocycles. The second-order valence-electron chi connectivity index (χ2n) is 8.99. The van der Waals surface area contributed by atoms with E-state index in [2.05, 4.69) is 47.6 Å². The summed E-state index contributed by atoms with van der Waals surface area (Å²) in [6.45, 7) is 12.7. The first kappa shape index (κ1) is 23.5. The van der Waals surface area contributed by atoms with Crippen molar-refractivity contribution in [3.63, 3.8) is 0 Å². The Hall–Kier alpha value is -2.75. The van der Waals surface area contributed by atoms with E-state index in [0.717, 1.165) is 24.0 Å². The normalized spacial score (nSPS) is 12.4. The van der Waals surface area contributed by atoms with Crippen molar-refractivity contribution in [3.05, 3.63) is 58.7 Å². The Kier molecular flexibility index (Phi) is 7.02. The molecule has 0 amide bonds. The molecule has 0 atom stereocenters. The Morgan fingerprint density at radius 2 is 1.50 bits per heavy atom. The Balaban J connectivity index is 2.69. The summed E-state index contributed by atoms with van der Waals surface area (Å²) in [4.78, 5) is 12.6. The van der Waals surface area contributed by atoms with Crippen molar-refractivity contribution in [1.82, 2.24) is 0 Å². The van der Waals surface area contributed by atoms with Crippen molar-refractivity contribution >= 4 is 11.9 Å². The predicted molar refractivity (Wildman–Crippen MR) is 123 cm³/mol. The van der Waals surface area contributed by atoms with Crippen LogP contribution >= 0.6 is 0 Å². The zero-order valence-electron chi connectivity index (χ0n) is 19.2. The molecule has 2 aromatic rings. The van der Waals surface area contributed by atoms with Crippen molar-refractivity contribution in [2.24, 2.45) is 0 Å². The van der Waals surface area contributed by atoms with Crippen molar-refractivity contribution < 1.29 is 19.7 Å². The minimum atomic E-state index is -0.238. The van der Waals surface area contributed by atoms with Gasteiger partial charge >= 0.3 is 0 Å². The number of ketones is 1. The highest BCUT2D eigenvalue weighted by Gasteiger charge is 2.31. The molecule has 2 aromatic carbocycles. The number of methoxy groups -OCH3 is 1. The van der Waals surface area contributed by atoms with Gasteiger partial charge in [-0.1, -0.05) is 41.5 Å². The van der Waals surface area contributed by atoms with E-state index in [-0.39, 0.29) is 28.1 Å². The fourth-order valence-corrected chi connectivity index (χ4v) is 3.33. The van der Waals surface area contributed by atoms with Crippen LogP contribution in [-0.2, 0) is 10.8 Å². The number of phenols is 2. The lowest BCUT2D eigenvalue weighted by Gasteiger charge is -2.32. The minimum absolute atomic E-state index is 0.107. The zero-order chi connectivity index (χ0) is 22.7. The van der Waals surface area contributed by atoms with Gasteiger partial charge in [0.15, 0.2) is 5.78 Å². The number of hydrogen-bond acceptors (Lipinski definition) is 4. The SMILES string of the molecule is CCC(C)(C)c1cc(C(C)(C)CC)c(OC)c(C=CC(=O)c2ccc(O)cc2)c1O. The largest absolute Gasteiger partial charge is 0.508 e. The van der Waals surface area contributed by atoms with Gasteiger partial charge in [0.05, 0.1) is 12.7 Å². The number of benzene rings is 2. The zero-order valence-corrected chi connectivity index (χ0v) is 19.2. The lowest BCUT2D eigenvalue weighted by atomic mass is 9.74. The minimum Gasteiger partial charge on any atom is -0.508 e. The number of rotatable bonds is 8. The maximum absolute atomic E-state index is 12.6. The average molecular weight is 411 g/mol. The molecule has 2 N–H and O–H groups in total. The molecule has 0 fully saturated rings. The van der Waals surface area contributed by atoms with Gasteiger partial charge in [-0.3, -0.25) is 4.79 Å². The monoisotopic (exact) mass is 410 g/mol. The third-order valence-electron chi connectivity index (χ3n) is 6.27. The Labute approximate surface area is 180 Å². The average Bonchev–Trinajstić information content (AvgIpc) is 2.72. The van der Waals surface area contributed by atoms with Crippen LogP contribution in [0.15, 0.2) is 36.4 Å². The van der Waals surface area contributed by atoms with Gasteiger partial charge in [0.25, 0.3) is 0 Å². The number of phenolic OH excluding ortho intramolecular Hbond substituents is 2. The number of aromatic hydroxyl groups is 2. The van der Waals surface area contributed by atoms with Crippen molar-refractivity contribution in [2.75, 3.05) is 7.11 Å². The molecule has 0 heterocycles. The fraction of sp³-hybridized carbons (Fsp3) is 0.423. The maximum atomic E-state index is 12.6. The molecule has 4 heteroatoms. The van der Waals surface area contributed by atoms with Gasteiger partial charge in [-0.05, 0) is 66.2 Å². The second-order valence-corrected chi connectivity index (χ2v) is 8.99. The van der Waals surface area contributed by atoms with Gasteiger partial charge in [0.1, 0.15) is 17.2 Å². The number of allylic oxidation sites excluding steroid dienone is 1. The Bertz CT molecular complexity index is 934. The first-order valence-corrected chi connectivity index (χ1v) is 10.4. The molecule has 162 valence electrons. The number of ether oxygens (including phenoxy) is 1. The van der Waals surface area contributed by atoms with Crippen LogP contribution in [0.25, 0.3) is 6.08 Å². The second kappa shape index (κ2) is 8.95. The van der Waals surface area contributed by atoms with E-state index in [1.165, 1.54) is 18.2 Å². The van der Waals surface area contributed by atoms with Crippen LogP contribution in [0, 0.1) is 0 Å². The van der Waals surface area contributed by atoms with Crippen LogP contribution in [0.4, 0.5) is 0 Å². The summed E-state index contributed by atoms with van der Waals surface area (Å²) in [6.07, 6.45) is 4.83. The molecule has 4 nitrogen and oxygen atoms in total. The molecule has 2 rings (SSSR count). The molecule has 0 aliphatic heterocycles. The summed E-state index contributed by atoms with van der Waals surface area (Å²) >= 11 is 0. The predicted octanol–water partition coefficient (Wildman–Crippen LogP) is 6.38. The van der Waals surface area contributed by atoms with Crippen LogP contribution in [0.2, 0.25) is 0 Å². The maximum Gasteiger partial charge on any atom is 0.185 e. The van der Waals surface area contributed by atoms with Crippen LogP contribution in [0.5, 0.6) is 17.2 Å². The molecule has 30 heavy (non-hydrogen) atoms. The highest BCUT2D eigenvalue weighted by atomic mass is 16.5. The van der Waals surface area contributed by atoms with Gasteiger partial charge < -0.3 is 14.9 Å². The quantitative estimate of drug-likeness (QED) is 0.391. The van der Waals surface area contributed by atoms with Crippen LogP contribution in [0.3, 0.4) is 0 Å². The smallest absolute Gasteiger partial charge is 0.185 e. The molecule has 0 aliphatic rings. The molecule has 0 aromatic heterocycles. The molecule has 0 unspecified atom stereocenters. The van der Waals surface area contributed by atoms with Crippen LogP contribution in [0.1, 0.15) is 81.4 Å². The van der Waals surface area contributed by atoms with E-state index in [0.29, 0.717) is 16.9 Å². The van der Waals surface area contributed by atoms with Gasteiger partial charge in [-0.15, -0.1) is 0 Å². The fourth-order valence-electron chi connectivity index (χ4n) is 3.33. The third kappa shape index (κ3) is 4.69. The van der Waals surface area contributed by atoms with E-state index in [1.807, 2.05) is 0 Å². The van der Waals surface area contributed by atoms with Crippen LogP contribution in [-0.4, -0.2) is 23.1 Å². The van der Waals surface area contributed by atoms with E-state index in [1.54, 1.807) is 25.3 Å². The summed E-state index contributed by atoms with van der Waals surface area (Å²) in [7, 11) is 1.59. The highest BCUT2D eigenvalue weighted by Crippen LogP contribution is 2.46. The lowest BCUT2D eigenvalue weighted by Crippen LogP contribution is -2.22. The van der Waals surface area contributed by atoms with E-state index >= 15 is 0 Å². The number of carbonyl (C=O) groups is 1. The summed E-state index contributed by atoms with van der Waals surface area (Å²) in [5.74, 6) is 0.623. The molecule has 0 aliphatic carbocycles. The summed E-state index contributed by atoms with van der Waals surface area (Å²) in [5.41, 5.74) is 2.43. The van der Waals surface area contributed by atoms with E-state index in [9.17, 15) is 15.0 Å². The summed E-state index contributed by atoms with van der Waals surface area (Å²) < 4.78 is 5.74. The molecule has 0 spiro atoms. The molecule has 0 radical (unpaired) electrons. The Morgan fingerprint density at radius 3 is 2.00 bits per heavy atom. The number of hydrogen-bond donors (Lipinski definition) is 2. The van der Waals surface area contributed by atoms with Gasteiger partial charge in [-0.25, -0.2) is 0 Å². The molecule has 0 saturated heterocycles. The topological polar surface area (TPSA) is 66.8 Å². The molecular formula is C26H34O4. The molecule has 0 bridgehead atoms. The van der Waals surface area contributed by atoms with Gasteiger partial charge in [0.2, 0.25) is 0 Å². The lowest BCUT2D eigenvalue weighted by molar-refractivity contribution is 0.104. The van der Waals surface area contributed by atoms with Crippen molar-refractivity contribution in [2.45, 2.75) is 65.2 Å². The number of carbonyl (C=O) groups excluding carboxylic acids is 1. The standard InChI is InChI=1S/C26H34O4/c1-8-25(3,4)20-16-21(26(5,6)9-2)24(30-7)19(23(20)29)14-15-22(28)17-10-12-18(27)13-11-17/h10-16,27,29H,8-9H2,1-7H3. The van der Waals surface area contributed by atoms with Gasteiger partial charge in [-0.2, -0.15) is 0 Å². The highest BCUT2D eigenvalue weighted by molar-refractivity contribution is 6.07. The van der Waals surface area contributed by atoms with Crippen molar-refractivity contribution in [1.29, 1.82) is 0 Å². The summed E-state index contributed by atoms with van der Waals surface area (Å²) in [6, 6.07) is 8.15. The van der Waals surface area contributed by atoms with Crippen LogP contribution < -0.4 is 4.74 Å². The first-order valence-electron chi connectivity index (χ1n) is 10.4. The van der Waals surface area contributed by atoms with E-state index in [4.69, 9.17) is 4.74 Å². The first-order chi connectivity index (χ1) is 14.0. The van der Waals surface area contributed by atoms with E-state index < -0.39 is 0 Å². The molecular weight excluding hydrogens is 376 g/mol. The van der Waals surface area contributed by atoms with Crippen molar-refractivity contribution in [3.8, 4) is 17.2 Å². The summed E-state index contributed by atoms with van der Waals surface area (Å²) in [5, 5.41) is 20.6. The van der Waals surface area contributed by atoms with Gasteiger partial charge in [0, 0.05) is 16.7 Å². The Morgan fingerprint density at radius 1 is 0.967 bits per heavy atom.